The van der Waals surface area contributed by atoms with Gasteiger partial charge in [0.2, 0.25) is 5.91 Å². The quantitative estimate of drug-likeness (QED) is 0.213. The van der Waals surface area contributed by atoms with Crippen LogP contribution in [0.4, 0.5) is 5.69 Å². The Kier molecular flexibility index (Phi) is 9.51. The number of benzene rings is 3. The third-order valence-electron chi connectivity index (χ3n) is 5.80. The zero-order valence-electron chi connectivity index (χ0n) is 21.1. The van der Waals surface area contributed by atoms with Crippen molar-refractivity contribution >= 4 is 23.4 Å². The number of hydrogen-bond acceptors (Lipinski definition) is 6. The highest BCUT2D eigenvalue weighted by atomic mass is 16.5. The molecule has 0 saturated carbocycles. The van der Waals surface area contributed by atoms with Gasteiger partial charge in [-0.1, -0.05) is 54.1 Å². The minimum atomic E-state index is -1.29. The van der Waals surface area contributed by atoms with E-state index in [-0.39, 0.29) is 12.5 Å². The van der Waals surface area contributed by atoms with E-state index in [0.29, 0.717) is 17.8 Å². The number of aliphatic hydroxyl groups excluding tert-OH is 1. The molecular weight excluding hydrogens is 472 g/mol. The van der Waals surface area contributed by atoms with Crippen molar-refractivity contribution in [2.45, 2.75) is 32.5 Å². The summed E-state index contributed by atoms with van der Waals surface area (Å²) >= 11 is 0. The predicted molar refractivity (Wildman–Crippen MR) is 141 cm³/mol. The number of nitrogens with zero attached hydrogens (tertiary/aromatic N) is 1. The molecule has 0 aliphatic rings. The number of aryl methyl sites for hydroxylation is 1. The first-order chi connectivity index (χ1) is 17.7. The van der Waals surface area contributed by atoms with Crippen LogP contribution in [0.5, 0.6) is 0 Å². The van der Waals surface area contributed by atoms with Gasteiger partial charge >= 0.3 is 0 Å². The molecule has 0 aromatic heterocycles. The smallest absolute Gasteiger partial charge is 0.268 e. The van der Waals surface area contributed by atoms with Crippen LogP contribution in [0.2, 0.25) is 0 Å². The van der Waals surface area contributed by atoms with Gasteiger partial charge in [0.25, 0.3) is 11.8 Å². The Balaban J connectivity index is 1.55. The molecule has 0 bridgehead atoms. The molecule has 3 aromatic carbocycles. The summed E-state index contributed by atoms with van der Waals surface area (Å²) in [7, 11) is 1.90. The number of likely N-dealkylation sites (N-methyl/N-ethyl adjacent to an activating group) is 1. The summed E-state index contributed by atoms with van der Waals surface area (Å²) in [5.74, 6) is -1.58. The van der Waals surface area contributed by atoms with Crippen LogP contribution in [0.25, 0.3) is 11.1 Å². The highest BCUT2D eigenvalue weighted by Gasteiger charge is 2.25. The van der Waals surface area contributed by atoms with Crippen molar-refractivity contribution in [3.63, 3.8) is 0 Å². The normalized spacial score (nSPS) is 12.5. The summed E-state index contributed by atoms with van der Waals surface area (Å²) in [4.78, 5) is 38.5. The van der Waals surface area contributed by atoms with E-state index < -0.39 is 24.0 Å². The average molecular weight is 505 g/mol. The van der Waals surface area contributed by atoms with Gasteiger partial charge in [0, 0.05) is 17.8 Å². The third-order valence-corrected chi connectivity index (χ3v) is 5.80. The first kappa shape index (κ1) is 27.5. The summed E-state index contributed by atoms with van der Waals surface area (Å²) in [5, 5.41) is 23.8. The van der Waals surface area contributed by atoms with E-state index in [1.165, 1.54) is 18.0 Å². The lowest BCUT2D eigenvalue weighted by molar-refractivity contribution is -0.133. The van der Waals surface area contributed by atoms with E-state index in [4.69, 9.17) is 5.21 Å². The Morgan fingerprint density at radius 1 is 0.892 bits per heavy atom. The zero-order chi connectivity index (χ0) is 26.9. The van der Waals surface area contributed by atoms with Crippen molar-refractivity contribution in [3.8, 4) is 11.1 Å². The largest absolute Gasteiger partial charge is 0.391 e. The van der Waals surface area contributed by atoms with Gasteiger partial charge in [0.1, 0.15) is 6.04 Å². The van der Waals surface area contributed by atoms with Gasteiger partial charge < -0.3 is 15.7 Å². The minimum Gasteiger partial charge on any atom is -0.391 e. The van der Waals surface area contributed by atoms with Crippen LogP contribution in [-0.4, -0.2) is 58.7 Å². The van der Waals surface area contributed by atoms with Crippen molar-refractivity contribution in [1.82, 2.24) is 15.7 Å². The van der Waals surface area contributed by atoms with Crippen LogP contribution in [0.3, 0.4) is 0 Å². The fourth-order valence-corrected chi connectivity index (χ4v) is 3.77. The topological polar surface area (TPSA) is 131 Å². The van der Waals surface area contributed by atoms with E-state index in [2.05, 4.69) is 34.9 Å². The third kappa shape index (κ3) is 7.97. The molecule has 0 fully saturated rings. The summed E-state index contributed by atoms with van der Waals surface area (Å²) in [5.41, 5.74) is 6.49. The fourth-order valence-electron chi connectivity index (χ4n) is 3.77. The summed E-state index contributed by atoms with van der Waals surface area (Å²) in [6.45, 7) is 4.31. The number of carbonyl (C=O) groups excluding carboxylic acids is 3. The molecular formula is C28H32N4O5. The number of carbonyl (C=O) groups is 3. The van der Waals surface area contributed by atoms with Crippen molar-refractivity contribution in [2.75, 3.05) is 18.9 Å². The molecule has 0 aliphatic heterocycles. The van der Waals surface area contributed by atoms with Crippen molar-refractivity contribution < 1.29 is 24.7 Å². The van der Waals surface area contributed by atoms with E-state index in [9.17, 15) is 19.5 Å². The summed E-state index contributed by atoms with van der Waals surface area (Å²) in [6, 6.07) is 21.0. The second-order valence-electron chi connectivity index (χ2n) is 9.03. The standard InChI is InChI=1S/C28H32N4O5/c1-18-4-6-20(7-5-18)16-32(3)17-25(34)29-24-14-12-22(13-15-24)21-8-10-23(11-9-21)27(35)30-26(19(2)33)28(36)31-37/h4-15,19,26,33,37H,16-17H2,1-3H3,(H,29,34)(H,30,35)(H,31,36)/t19-,26+/m1/s1. The fraction of sp³-hybridized carbons (Fsp3) is 0.250. The molecule has 0 spiro atoms. The summed E-state index contributed by atoms with van der Waals surface area (Å²) < 4.78 is 0. The lowest BCUT2D eigenvalue weighted by atomic mass is 10.0. The number of hydrogen-bond donors (Lipinski definition) is 5. The van der Waals surface area contributed by atoms with Gasteiger partial charge in [-0.25, -0.2) is 5.48 Å². The molecule has 0 unspecified atom stereocenters. The van der Waals surface area contributed by atoms with Gasteiger partial charge in [-0.2, -0.15) is 0 Å². The molecule has 0 saturated heterocycles. The number of anilines is 1. The molecule has 2 atom stereocenters. The summed E-state index contributed by atoms with van der Waals surface area (Å²) in [6.07, 6.45) is -1.19. The monoisotopic (exact) mass is 504 g/mol. The lowest BCUT2D eigenvalue weighted by Gasteiger charge is -2.19. The second kappa shape index (κ2) is 12.8. The lowest BCUT2D eigenvalue weighted by Crippen LogP contribution is -2.51. The van der Waals surface area contributed by atoms with Crippen LogP contribution < -0.4 is 16.1 Å². The van der Waals surface area contributed by atoms with E-state index in [1.54, 1.807) is 24.3 Å². The van der Waals surface area contributed by atoms with Crippen LogP contribution in [-0.2, 0) is 16.1 Å². The predicted octanol–water partition coefficient (Wildman–Crippen LogP) is 2.72. The average Bonchev–Trinajstić information content (AvgIpc) is 2.88. The van der Waals surface area contributed by atoms with Gasteiger partial charge in [-0.05, 0) is 61.9 Å². The Hall–Kier alpha value is -4.05. The maximum absolute atomic E-state index is 12.5. The van der Waals surface area contributed by atoms with Crippen LogP contribution in [0.1, 0.15) is 28.4 Å². The molecule has 37 heavy (non-hydrogen) atoms. The Morgan fingerprint density at radius 3 is 2.00 bits per heavy atom. The maximum atomic E-state index is 12.5. The van der Waals surface area contributed by atoms with Crippen LogP contribution >= 0.6 is 0 Å². The zero-order valence-corrected chi connectivity index (χ0v) is 21.1. The van der Waals surface area contributed by atoms with Crippen molar-refractivity contribution in [1.29, 1.82) is 0 Å². The van der Waals surface area contributed by atoms with E-state index in [0.717, 1.165) is 16.7 Å². The minimum absolute atomic E-state index is 0.108. The number of rotatable bonds is 10. The molecule has 0 aliphatic carbocycles. The number of aliphatic hydroxyl groups is 1. The SMILES string of the molecule is Cc1ccc(CN(C)CC(=O)Nc2ccc(-c3ccc(C(=O)N[C@H](C(=O)NO)[C@@H](C)O)cc3)cc2)cc1. The Bertz CT molecular complexity index is 1210. The highest BCUT2D eigenvalue weighted by Crippen LogP contribution is 2.22. The van der Waals surface area contributed by atoms with Crippen LogP contribution in [0, 0.1) is 6.92 Å². The maximum Gasteiger partial charge on any atom is 0.268 e. The van der Waals surface area contributed by atoms with Crippen molar-refractivity contribution in [3.05, 3.63) is 89.5 Å². The molecule has 9 nitrogen and oxygen atoms in total. The molecule has 3 aromatic rings. The van der Waals surface area contributed by atoms with Gasteiger partial charge in [0.15, 0.2) is 0 Å². The molecule has 3 rings (SSSR count). The highest BCUT2D eigenvalue weighted by molar-refractivity contribution is 5.98. The number of nitrogens with one attached hydrogen (secondary N) is 3. The molecule has 3 amide bonds. The molecule has 5 N–H and O–H groups in total. The molecule has 0 radical (unpaired) electrons. The van der Waals surface area contributed by atoms with Gasteiger partial charge in [-0.3, -0.25) is 24.5 Å². The second-order valence-corrected chi connectivity index (χ2v) is 9.03. The number of hydroxylamine groups is 1. The molecule has 194 valence electrons. The van der Waals surface area contributed by atoms with E-state index in [1.807, 2.05) is 43.1 Å². The number of amides is 3. The van der Waals surface area contributed by atoms with Gasteiger partial charge in [0.05, 0.1) is 12.6 Å². The van der Waals surface area contributed by atoms with Crippen LogP contribution in [0.15, 0.2) is 72.8 Å². The van der Waals surface area contributed by atoms with Crippen molar-refractivity contribution in [2.24, 2.45) is 0 Å². The first-order valence-electron chi connectivity index (χ1n) is 11.8. The molecule has 9 heteroatoms. The van der Waals surface area contributed by atoms with Gasteiger partial charge in [-0.15, -0.1) is 0 Å². The van der Waals surface area contributed by atoms with E-state index >= 15 is 0 Å². The Morgan fingerprint density at radius 2 is 1.46 bits per heavy atom. The Labute approximate surface area is 216 Å². The first-order valence-corrected chi connectivity index (χ1v) is 11.8. The molecule has 0 heterocycles.